The van der Waals surface area contributed by atoms with Gasteiger partial charge in [0.15, 0.2) is 0 Å². The average molecular weight is 269 g/mol. The zero-order valence-electron chi connectivity index (χ0n) is 12.6. The molecule has 3 nitrogen and oxygen atoms in total. The van der Waals surface area contributed by atoms with Crippen molar-refractivity contribution in [3.8, 4) is 11.3 Å². The van der Waals surface area contributed by atoms with Crippen LogP contribution in [0.3, 0.4) is 0 Å². The smallest absolute Gasteiger partial charge is 0.0711 e. The lowest BCUT2D eigenvalue weighted by Crippen LogP contribution is -2.27. The van der Waals surface area contributed by atoms with Crippen molar-refractivity contribution in [1.29, 1.82) is 0 Å². The van der Waals surface area contributed by atoms with Crippen LogP contribution < -0.4 is 5.32 Å². The van der Waals surface area contributed by atoms with Gasteiger partial charge in [-0.05, 0) is 51.4 Å². The van der Waals surface area contributed by atoms with Crippen LogP contribution in [0.1, 0.15) is 35.6 Å². The molecule has 1 aliphatic heterocycles. The van der Waals surface area contributed by atoms with E-state index >= 15 is 0 Å². The standard InChI is InChI=1S/C17H23N3/c1-12-5-4-6-15(11-12)17-13(2)16(19-20(17)3)14-7-9-18-10-8-14/h4-6,11,14,18H,7-10H2,1-3H3. The molecule has 1 saturated heterocycles. The molecular formula is C17H23N3. The minimum absolute atomic E-state index is 0.612. The summed E-state index contributed by atoms with van der Waals surface area (Å²) in [5.41, 5.74) is 6.49. The van der Waals surface area contributed by atoms with Gasteiger partial charge in [-0.3, -0.25) is 4.68 Å². The summed E-state index contributed by atoms with van der Waals surface area (Å²) >= 11 is 0. The van der Waals surface area contributed by atoms with Crippen LogP contribution in [-0.4, -0.2) is 22.9 Å². The van der Waals surface area contributed by atoms with Crippen molar-refractivity contribution in [1.82, 2.24) is 15.1 Å². The van der Waals surface area contributed by atoms with Gasteiger partial charge < -0.3 is 5.32 Å². The lowest BCUT2D eigenvalue weighted by atomic mass is 9.91. The number of benzene rings is 1. The highest BCUT2D eigenvalue weighted by atomic mass is 15.3. The topological polar surface area (TPSA) is 29.9 Å². The lowest BCUT2D eigenvalue weighted by Gasteiger charge is -2.21. The minimum Gasteiger partial charge on any atom is -0.317 e. The van der Waals surface area contributed by atoms with Crippen molar-refractivity contribution in [2.75, 3.05) is 13.1 Å². The fraction of sp³-hybridized carbons (Fsp3) is 0.471. The first-order chi connectivity index (χ1) is 9.66. The molecule has 1 fully saturated rings. The minimum atomic E-state index is 0.612. The number of nitrogens with one attached hydrogen (secondary N) is 1. The Morgan fingerprint density at radius 3 is 2.65 bits per heavy atom. The Balaban J connectivity index is 2.02. The van der Waals surface area contributed by atoms with Gasteiger partial charge in [-0.2, -0.15) is 5.10 Å². The second-order valence-electron chi connectivity index (χ2n) is 5.88. The van der Waals surface area contributed by atoms with Crippen molar-refractivity contribution in [2.45, 2.75) is 32.6 Å². The molecule has 1 aliphatic rings. The molecule has 0 aliphatic carbocycles. The van der Waals surface area contributed by atoms with E-state index in [0.29, 0.717) is 5.92 Å². The highest BCUT2D eigenvalue weighted by molar-refractivity contribution is 5.65. The van der Waals surface area contributed by atoms with E-state index in [1.54, 1.807) is 0 Å². The van der Waals surface area contributed by atoms with Crippen molar-refractivity contribution >= 4 is 0 Å². The van der Waals surface area contributed by atoms with E-state index in [1.165, 1.54) is 40.9 Å². The van der Waals surface area contributed by atoms with E-state index in [4.69, 9.17) is 5.10 Å². The first kappa shape index (κ1) is 13.4. The Morgan fingerprint density at radius 2 is 1.95 bits per heavy atom. The number of hydrogen-bond acceptors (Lipinski definition) is 2. The monoisotopic (exact) mass is 269 g/mol. The third kappa shape index (κ3) is 2.38. The van der Waals surface area contributed by atoms with Gasteiger partial charge in [0, 0.05) is 18.5 Å². The predicted octanol–water partition coefficient (Wildman–Crippen LogP) is 3.17. The first-order valence-corrected chi connectivity index (χ1v) is 7.48. The van der Waals surface area contributed by atoms with Gasteiger partial charge in [0.1, 0.15) is 0 Å². The number of nitrogens with zero attached hydrogens (tertiary/aromatic N) is 2. The molecule has 2 heterocycles. The number of aryl methyl sites for hydroxylation is 2. The summed E-state index contributed by atoms with van der Waals surface area (Å²) in [7, 11) is 2.06. The largest absolute Gasteiger partial charge is 0.317 e. The van der Waals surface area contributed by atoms with Gasteiger partial charge >= 0.3 is 0 Å². The van der Waals surface area contributed by atoms with Crippen molar-refractivity contribution < 1.29 is 0 Å². The Kier molecular flexibility index (Phi) is 3.62. The van der Waals surface area contributed by atoms with Crippen molar-refractivity contribution in [2.24, 2.45) is 7.05 Å². The van der Waals surface area contributed by atoms with Crippen LogP contribution in [0, 0.1) is 13.8 Å². The van der Waals surface area contributed by atoms with Gasteiger partial charge in [-0.1, -0.05) is 23.8 Å². The molecule has 1 aromatic heterocycles. The highest BCUT2D eigenvalue weighted by Crippen LogP contribution is 2.33. The molecule has 0 bridgehead atoms. The molecule has 1 N–H and O–H groups in total. The molecule has 0 saturated carbocycles. The zero-order chi connectivity index (χ0) is 14.1. The zero-order valence-corrected chi connectivity index (χ0v) is 12.6. The molecule has 0 amide bonds. The predicted molar refractivity (Wildman–Crippen MR) is 83.0 cm³/mol. The Labute approximate surface area is 121 Å². The van der Waals surface area contributed by atoms with Crippen molar-refractivity contribution in [3.05, 3.63) is 41.1 Å². The molecule has 0 radical (unpaired) electrons. The van der Waals surface area contributed by atoms with E-state index in [1.807, 2.05) is 0 Å². The SMILES string of the molecule is Cc1cccc(-c2c(C)c(C3CCNCC3)nn2C)c1. The number of aromatic nitrogens is 2. The maximum absolute atomic E-state index is 4.83. The van der Waals surface area contributed by atoms with Crippen LogP contribution in [0.2, 0.25) is 0 Å². The highest BCUT2D eigenvalue weighted by Gasteiger charge is 2.23. The Hall–Kier alpha value is -1.61. The molecule has 0 spiro atoms. The fourth-order valence-electron chi connectivity index (χ4n) is 3.33. The van der Waals surface area contributed by atoms with Crippen LogP contribution in [0.15, 0.2) is 24.3 Å². The van der Waals surface area contributed by atoms with E-state index in [9.17, 15) is 0 Å². The van der Waals surface area contributed by atoms with Gasteiger partial charge in [0.25, 0.3) is 0 Å². The summed E-state index contributed by atoms with van der Waals surface area (Å²) in [6.07, 6.45) is 2.40. The van der Waals surface area contributed by atoms with Crippen LogP contribution >= 0.6 is 0 Å². The third-order valence-electron chi connectivity index (χ3n) is 4.34. The van der Waals surface area contributed by atoms with Crippen LogP contribution in [-0.2, 0) is 7.05 Å². The van der Waals surface area contributed by atoms with E-state index in [0.717, 1.165) is 13.1 Å². The molecule has 0 atom stereocenters. The van der Waals surface area contributed by atoms with Gasteiger partial charge in [0.2, 0.25) is 0 Å². The summed E-state index contributed by atoms with van der Waals surface area (Å²) in [5.74, 6) is 0.612. The quantitative estimate of drug-likeness (QED) is 0.907. The summed E-state index contributed by atoms with van der Waals surface area (Å²) in [4.78, 5) is 0. The van der Waals surface area contributed by atoms with Gasteiger partial charge in [-0.15, -0.1) is 0 Å². The Bertz CT molecular complexity index is 607. The second kappa shape index (κ2) is 5.41. The molecule has 3 heteroatoms. The molecular weight excluding hydrogens is 246 g/mol. The fourth-order valence-corrected chi connectivity index (χ4v) is 3.33. The van der Waals surface area contributed by atoms with E-state index in [-0.39, 0.29) is 0 Å². The second-order valence-corrected chi connectivity index (χ2v) is 5.88. The summed E-state index contributed by atoms with van der Waals surface area (Å²) in [6, 6.07) is 8.70. The molecule has 20 heavy (non-hydrogen) atoms. The van der Waals surface area contributed by atoms with Crippen molar-refractivity contribution in [3.63, 3.8) is 0 Å². The van der Waals surface area contributed by atoms with E-state index < -0.39 is 0 Å². The summed E-state index contributed by atoms with van der Waals surface area (Å²) < 4.78 is 2.06. The van der Waals surface area contributed by atoms with Crippen LogP contribution in [0.4, 0.5) is 0 Å². The molecule has 106 valence electrons. The van der Waals surface area contributed by atoms with Crippen LogP contribution in [0.25, 0.3) is 11.3 Å². The number of rotatable bonds is 2. The van der Waals surface area contributed by atoms with Gasteiger partial charge in [0.05, 0.1) is 11.4 Å². The summed E-state index contributed by atoms with van der Waals surface area (Å²) in [6.45, 7) is 6.59. The number of hydrogen-bond donors (Lipinski definition) is 1. The number of piperidine rings is 1. The maximum Gasteiger partial charge on any atom is 0.0711 e. The van der Waals surface area contributed by atoms with Crippen LogP contribution in [0.5, 0.6) is 0 Å². The summed E-state index contributed by atoms with van der Waals surface area (Å²) in [5, 5.41) is 8.26. The van der Waals surface area contributed by atoms with Gasteiger partial charge in [-0.25, -0.2) is 0 Å². The molecule has 1 aromatic carbocycles. The lowest BCUT2D eigenvalue weighted by molar-refractivity contribution is 0.449. The normalized spacial score (nSPS) is 16.6. The first-order valence-electron chi connectivity index (χ1n) is 7.48. The Morgan fingerprint density at radius 1 is 1.20 bits per heavy atom. The average Bonchev–Trinajstić information content (AvgIpc) is 2.75. The third-order valence-corrected chi connectivity index (χ3v) is 4.34. The van der Waals surface area contributed by atoms with E-state index in [2.05, 4.69) is 55.2 Å². The molecule has 3 rings (SSSR count). The maximum atomic E-state index is 4.83. The molecule has 0 unspecified atom stereocenters. The molecule has 2 aromatic rings.